The van der Waals surface area contributed by atoms with Crippen molar-refractivity contribution in [1.82, 2.24) is 14.5 Å². The Kier molecular flexibility index (Phi) is 4.63. The topological polar surface area (TPSA) is 63.4 Å². The quantitative estimate of drug-likeness (QED) is 0.681. The average molecular weight is 384 g/mol. The molecule has 1 aliphatic heterocycles. The maximum atomic E-state index is 12.3. The average Bonchev–Trinajstić information content (AvgIpc) is 3.04. The lowest BCUT2D eigenvalue weighted by Crippen LogP contribution is -2.37. The van der Waals surface area contributed by atoms with Crippen LogP contribution in [0.1, 0.15) is 26.2 Å². The molecule has 1 atom stereocenters. The Morgan fingerprint density at radius 3 is 2.78 bits per heavy atom. The zero-order valence-electron chi connectivity index (χ0n) is 16.0. The zero-order chi connectivity index (χ0) is 19.0. The SMILES string of the molecule is C[C@@H]1CCCCN1c1cc(N=S(C)(C)=O)nc(-n2cnc3ccccc32)c1. The van der Waals surface area contributed by atoms with E-state index in [4.69, 9.17) is 0 Å². The highest BCUT2D eigenvalue weighted by molar-refractivity contribution is 7.92. The molecule has 0 saturated carbocycles. The summed E-state index contributed by atoms with van der Waals surface area (Å²) < 4.78 is 18.6. The highest BCUT2D eigenvalue weighted by Crippen LogP contribution is 2.30. The fraction of sp³-hybridized carbons (Fsp3) is 0.400. The van der Waals surface area contributed by atoms with Crippen molar-refractivity contribution in [2.45, 2.75) is 32.2 Å². The molecule has 27 heavy (non-hydrogen) atoms. The summed E-state index contributed by atoms with van der Waals surface area (Å²) in [4.78, 5) is 11.6. The molecule has 7 heteroatoms. The fourth-order valence-electron chi connectivity index (χ4n) is 3.67. The Labute approximate surface area is 160 Å². The smallest absolute Gasteiger partial charge is 0.165 e. The van der Waals surface area contributed by atoms with Crippen molar-refractivity contribution >= 4 is 32.3 Å². The van der Waals surface area contributed by atoms with E-state index < -0.39 is 9.73 Å². The first kappa shape index (κ1) is 18.0. The third-order valence-electron chi connectivity index (χ3n) is 4.93. The lowest BCUT2D eigenvalue weighted by atomic mass is 10.0. The third-order valence-corrected chi connectivity index (χ3v) is 5.56. The maximum absolute atomic E-state index is 12.3. The molecule has 0 amide bonds. The van der Waals surface area contributed by atoms with Crippen LogP contribution in [0.5, 0.6) is 0 Å². The molecule has 6 nitrogen and oxygen atoms in total. The van der Waals surface area contributed by atoms with Crippen molar-refractivity contribution in [3.63, 3.8) is 0 Å². The van der Waals surface area contributed by atoms with E-state index in [9.17, 15) is 4.21 Å². The molecular formula is C20H25N5OS. The molecule has 0 bridgehead atoms. The van der Waals surface area contributed by atoms with Crippen LogP contribution in [0.25, 0.3) is 16.9 Å². The predicted octanol–water partition coefficient (Wildman–Crippen LogP) is 4.16. The van der Waals surface area contributed by atoms with E-state index in [1.807, 2.05) is 34.9 Å². The number of imidazole rings is 1. The third kappa shape index (κ3) is 3.83. The molecule has 4 rings (SSSR count). The molecule has 0 unspecified atom stereocenters. The van der Waals surface area contributed by atoms with E-state index in [2.05, 4.69) is 32.2 Å². The van der Waals surface area contributed by atoms with Crippen LogP contribution in [0.4, 0.5) is 11.5 Å². The van der Waals surface area contributed by atoms with E-state index in [0.717, 1.165) is 29.1 Å². The molecule has 3 aromatic rings. The van der Waals surface area contributed by atoms with Crippen LogP contribution in [0.3, 0.4) is 0 Å². The number of para-hydroxylation sites is 2. The molecule has 0 N–H and O–H groups in total. The van der Waals surface area contributed by atoms with Crippen LogP contribution in [0.2, 0.25) is 0 Å². The Morgan fingerprint density at radius 2 is 2.00 bits per heavy atom. The summed E-state index contributed by atoms with van der Waals surface area (Å²) in [5, 5.41) is 0. The number of aromatic nitrogens is 3. The van der Waals surface area contributed by atoms with Gasteiger partial charge in [-0.05, 0) is 38.3 Å². The molecule has 142 valence electrons. The molecule has 1 aliphatic rings. The number of nitrogens with zero attached hydrogens (tertiary/aromatic N) is 5. The fourth-order valence-corrected chi connectivity index (χ4v) is 4.22. The van der Waals surface area contributed by atoms with Crippen molar-refractivity contribution in [2.24, 2.45) is 4.36 Å². The van der Waals surface area contributed by atoms with Crippen molar-refractivity contribution in [2.75, 3.05) is 24.0 Å². The molecule has 2 aromatic heterocycles. The summed E-state index contributed by atoms with van der Waals surface area (Å²) >= 11 is 0. The van der Waals surface area contributed by atoms with Crippen molar-refractivity contribution < 1.29 is 4.21 Å². The lowest BCUT2D eigenvalue weighted by Gasteiger charge is -2.35. The van der Waals surface area contributed by atoms with Crippen LogP contribution in [0, 0.1) is 0 Å². The first-order valence-electron chi connectivity index (χ1n) is 9.29. The summed E-state index contributed by atoms with van der Waals surface area (Å²) in [7, 11) is -2.30. The van der Waals surface area contributed by atoms with Gasteiger partial charge in [0.25, 0.3) is 0 Å². The lowest BCUT2D eigenvalue weighted by molar-refractivity contribution is 0.485. The van der Waals surface area contributed by atoms with Crippen LogP contribution < -0.4 is 4.90 Å². The van der Waals surface area contributed by atoms with Gasteiger partial charge in [0.1, 0.15) is 12.1 Å². The largest absolute Gasteiger partial charge is 0.369 e. The zero-order valence-corrected chi connectivity index (χ0v) is 16.8. The summed E-state index contributed by atoms with van der Waals surface area (Å²) in [5.41, 5.74) is 2.99. The number of rotatable bonds is 3. The van der Waals surface area contributed by atoms with Crippen molar-refractivity contribution in [3.8, 4) is 5.82 Å². The van der Waals surface area contributed by atoms with Gasteiger partial charge in [-0.3, -0.25) is 4.57 Å². The Balaban J connectivity index is 1.89. The van der Waals surface area contributed by atoms with E-state index in [1.54, 1.807) is 18.8 Å². The Bertz CT molecular complexity index is 1090. The van der Waals surface area contributed by atoms with Gasteiger partial charge in [-0.15, -0.1) is 0 Å². The van der Waals surface area contributed by atoms with Gasteiger partial charge in [0.05, 0.1) is 11.0 Å². The predicted molar refractivity (Wildman–Crippen MR) is 112 cm³/mol. The van der Waals surface area contributed by atoms with Gasteiger partial charge in [0, 0.05) is 52.6 Å². The van der Waals surface area contributed by atoms with Crippen LogP contribution in [0.15, 0.2) is 47.1 Å². The van der Waals surface area contributed by atoms with Crippen LogP contribution in [-0.4, -0.2) is 43.8 Å². The molecule has 0 spiro atoms. The first-order chi connectivity index (χ1) is 12.9. The van der Waals surface area contributed by atoms with Crippen LogP contribution in [-0.2, 0) is 9.73 Å². The number of hydrogen-bond acceptors (Lipinski definition) is 5. The van der Waals surface area contributed by atoms with Gasteiger partial charge in [-0.25, -0.2) is 14.2 Å². The first-order valence-corrected chi connectivity index (χ1v) is 11.6. The minimum atomic E-state index is -2.30. The summed E-state index contributed by atoms with van der Waals surface area (Å²) in [5.74, 6) is 1.26. The van der Waals surface area contributed by atoms with E-state index >= 15 is 0 Å². The number of benzene rings is 1. The number of fused-ring (bicyclic) bond motifs is 1. The van der Waals surface area contributed by atoms with Gasteiger partial charge in [0.15, 0.2) is 5.82 Å². The van der Waals surface area contributed by atoms with Gasteiger partial charge in [0.2, 0.25) is 0 Å². The van der Waals surface area contributed by atoms with E-state index in [1.165, 1.54) is 19.3 Å². The van der Waals surface area contributed by atoms with Crippen LogP contribution >= 0.6 is 0 Å². The molecule has 3 heterocycles. The van der Waals surface area contributed by atoms with Gasteiger partial charge >= 0.3 is 0 Å². The number of hydrogen-bond donors (Lipinski definition) is 0. The van der Waals surface area contributed by atoms with E-state index in [-0.39, 0.29) is 0 Å². The number of anilines is 1. The Morgan fingerprint density at radius 1 is 1.19 bits per heavy atom. The van der Waals surface area contributed by atoms with Crippen molar-refractivity contribution in [3.05, 3.63) is 42.7 Å². The van der Waals surface area contributed by atoms with Gasteiger partial charge in [-0.2, -0.15) is 4.36 Å². The van der Waals surface area contributed by atoms with Gasteiger partial charge < -0.3 is 4.90 Å². The normalized spacial score (nSPS) is 18.0. The van der Waals surface area contributed by atoms with Crippen molar-refractivity contribution in [1.29, 1.82) is 0 Å². The second-order valence-electron chi connectivity index (χ2n) is 7.46. The highest BCUT2D eigenvalue weighted by atomic mass is 32.2. The monoisotopic (exact) mass is 383 g/mol. The molecule has 1 aromatic carbocycles. The highest BCUT2D eigenvalue weighted by Gasteiger charge is 2.20. The summed E-state index contributed by atoms with van der Waals surface area (Å²) in [6.45, 7) is 3.27. The summed E-state index contributed by atoms with van der Waals surface area (Å²) in [6.07, 6.45) is 8.68. The molecule has 1 saturated heterocycles. The Hall–Kier alpha value is -2.41. The molecule has 0 aliphatic carbocycles. The maximum Gasteiger partial charge on any atom is 0.165 e. The minimum Gasteiger partial charge on any atom is -0.369 e. The molecule has 1 fully saturated rings. The second-order valence-corrected chi connectivity index (χ2v) is 10.0. The summed E-state index contributed by atoms with van der Waals surface area (Å²) in [6, 6.07) is 12.5. The number of pyridine rings is 1. The second kappa shape index (κ2) is 6.96. The number of piperidine rings is 1. The molecular weight excluding hydrogens is 358 g/mol. The molecule has 0 radical (unpaired) electrons. The van der Waals surface area contributed by atoms with E-state index in [0.29, 0.717) is 11.9 Å². The minimum absolute atomic E-state index is 0.467. The van der Waals surface area contributed by atoms with Gasteiger partial charge in [-0.1, -0.05) is 12.1 Å². The standard InChI is InChI=1S/C20H25N5OS/c1-15-8-6-7-11-24(15)16-12-19(23-27(2,3)26)22-20(13-16)25-14-21-17-9-4-5-10-18(17)25/h4-5,9-10,12-15H,6-8,11H2,1-3H3/t15-/m1/s1.